The number of aromatic carboxylic acids is 1. The lowest BCUT2D eigenvalue weighted by molar-refractivity contribution is -0.125. The lowest BCUT2D eigenvalue weighted by atomic mass is 9.82. The van der Waals surface area contributed by atoms with Crippen molar-refractivity contribution in [3.63, 3.8) is 0 Å². The first-order valence-corrected chi connectivity index (χ1v) is 7.07. The summed E-state index contributed by atoms with van der Waals surface area (Å²) in [6.07, 6.45) is 5.11. The Morgan fingerprint density at radius 1 is 1.20 bits per heavy atom. The maximum atomic E-state index is 12.6. The molecule has 0 saturated heterocycles. The van der Waals surface area contributed by atoms with E-state index in [2.05, 4.69) is 12.2 Å². The van der Waals surface area contributed by atoms with Crippen molar-refractivity contribution < 1.29 is 14.7 Å². The summed E-state index contributed by atoms with van der Waals surface area (Å²) in [5, 5.41) is 11.9. The third-order valence-corrected chi connectivity index (χ3v) is 5.03. The van der Waals surface area contributed by atoms with Crippen LogP contribution in [0.3, 0.4) is 0 Å². The summed E-state index contributed by atoms with van der Waals surface area (Å²) >= 11 is 0. The molecule has 2 N–H and O–H groups in total. The van der Waals surface area contributed by atoms with Crippen LogP contribution >= 0.6 is 0 Å². The topological polar surface area (TPSA) is 66.4 Å². The summed E-state index contributed by atoms with van der Waals surface area (Å²) in [4.78, 5) is 23.5. The molecule has 0 heterocycles. The van der Waals surface area contributed by atoms with Crippen LogP contribution in [-0.2, 0) is 4.79 Å². The molecule has 0 unspecified atom stereocenters. The van der Waals surface area contributed by atoms with Crippen molar-refractivity contribution in [1.82, 2.24) is 0 Å². The van der Waals surface area contributed by atoms with Gasteiger partial charge in [-0.15, -0.1) is 0 Å². The van der Waals surface area contributed by atoms with Crippen LogP contribution in [0.25, 0.3) is 0 Å². The number of benzene rings is 1. The van der Waals surface area contributed by atoms with Crippen LogP contribution in [0.5, 0.6) is 0 Å². The molecule has 2 bridgehead atoms. The zero-order valence-electron chi connectivity index (χ0n) is 11.6. The second-order valence-corrected chi connectivity index (χ2v) is 6.61. The second-order valence-electron chi connectivity index (χ2n) is 6.61. The molecule has 0 radical (unpaired) electrons. The van der Waals surface area contributed by atoms with Gasteiger partial charge in [-0.05, 0) is 55.7 Å². The molecule has 1 aromatic rings. The van der Waals surface area contributed by atoms with Gasteiger partial charge in [0.2, 0.25) is 5.91 Å². The minimum Gasteiger partial charge on any atom is -0.478 e. The quantitative estimate of drug-likeness (QED) is 0.888. The fourth-order valence-electron chi connectivity index (χ4n) is 3.80. The Morgan fingerprint density at radius 3 is 2.45 bits per heavy atom. The fraction of sp³-hybridized carbons (Fsp3) is 0.500. The number of nitrogens with one attached hydrogen (secondary N) is 1. The van der Waals surface area contributed by atoms with Gasteiger partial charge in [0.25, 0.3) is 0 Å². The summed E-state index contributed by atoms with van der Waals surface area (Å²) in [5.74, 6) is -0.921. The number of anilines is 1. The number of hydrogen-bond donors (Lipinski definition) is 2. The lowest BCUT2D eigenvalue weighted by Crippen LogP contribution is -2.32. The van der Waals surface area contributed by atoms with E-state index in [0.717, 1.165) is 32.1 Å². The van der Waals surface area contributed by atoms with E-state index in [9.17, 15) is 9.59 Å². The Labute approximate surface area is 118 Å². The van der Waals surface area contributed by atoms with Crippen molar-refractivity contribution in [2.24, 2.45) is 10.8 Å². The van der Waals surface area contributed by atoms with Crippen LogP contribution in [0.4, 0.5) is 5.69 Å². The molecule has 1 aromatic carbocycles. The summed E-state index contributed by atoms with van der Waals surface area (Å²) in [5.41, 5.74) is 0.876. The first-order valence-electron chi connectivity index (χ1n) is 7.07. The lowest BCUT2D eigenvalue weighted by Gasteiger charge is -2.25. The minimum atomic E-state index is -0.978. The molecule has 20 heavy (non-hydrogen) atoms. The number of carbonyl (C=O) groups excluding carboxylic acids is 1. The third-order valence-electron chi connectivity index (χ3n) is 5.03. The standard InChI is InChI=1S/C16H19NO3/c1-15-5-7-16(10-15,8-6-15)14(20)17-12-4-2-3-11(9-12)13(18)19/h2-4,9H,5-8,10H2,1H3,(H,17,20)(H,18,19). The van der Waals surface area contributed by atoms with E-state index in [4.69, 9.17) is 5.11 Å². The van der Waals surface area contributed by atoms with Gasteiger partial charge >= 0.3 is 5.97 Å². The highest BCUT2D eigenvalue weighted by atomic mass is 16.4. The zero-order valence-corrected chi connectivity index (χ0v) is 11.6. The number of hydrogen-bond acceptors (Lipinski definition) is 2. The number of fused-ring (bicyclic) bond motifs is 2. The van der Waals surface area contributed by atoms with E-state index in [-0.39, 0.29) is 16.9 Å². The molecule has 0 aliphatic heterocycles. The Bertz CT molecular complexity index is 571. The number of rotatable bonds is 3. The maximum Gasteiger partial charge on any atom is 0.335 e. The summed E-state index contributed by atoms with van der Waals surface area (Å²) in [6, 6.07) is 6.44. The molecule has 2 fully saturated rings. The molecule has 2 saturated carbocycles. The third kappa shape index (κ3) is 2.09. The molecule has 4 heteroatoms. The van der Waals surface area contributed by atoms with Crippen molar-refractivity contribution in [3.8, 4) is 0 Å². The average Bonchev–Trinajstić information content (AvgIpc) is 2.94. The molecule has 4 nitrogen and oxygen atoms in total. The van der Waals surface area contributed by atoms with E-state index < -0.39 is 5.97 Å². The molecule has 0 spiro atoms. The number of carboxylic acid groups (broad SMARTS) is 1. The molecule has 106 valence electrons. The monoisotopic (exact) mass is 273 g/mol. The summed E-state index contributed by atoms with van der Waals surface area (Å²) in [6.45, 7) is 2.26. The second kappa shape index (κ2) is 4.33. The summed E-state index contributed by atoms with van der Waals surface area (Å²) < 4.78 is 0. The van der Waals surface area contributed by atoms with Gasteiger partial charge in [0.15, 0.2) is 0 Å². The van der Waals surface area contributed by atoms with E-state index in [1.165, 1.54) is 12.1 Å². The SMILES string of the molecule is CC12CCC(C(=O)Nc3cccc(C(=O)O)c3)(CC1)C2. The number of carbonyl (C=O) groups is 2. The summed E-state index contributed by atoms with van der Waals surface area (Å²) in [7, 11) is 0. The molecule has 0 aromatic heterocycles. The van der Waals surface area contributed by atoms with Gasteiger partial charge in [-0.3, -0.25) is 4.79 Å². The number of amides is 1. The highest BCUT2D eigenvalue weighted by Gasteiger charge is 2.55. The Kier molecular flexibility index (Phi) is 2.85. The van der Waals surface area contributed by atoms with Crippen LogP contribution < -0.4 is 5.32 Å². The van der Waals surface area contributed by atoms with Crippen molar-refractivity contribution in [3.05, 3.63) is 29.8 Å². The van der Waals surface area contributed by atoms with Crippen molar-refractivity contribution >= 4 is 17.6 Å². The van der Waals surface area contributed by atoms with E-state index >= 15 is 0 Å². The maximum absolute atomic E-state index is 12.6. The average molecular weight is 273 g/mol. The van der Waals surface area contributed by atoms with Gasteiger partial charge in [0.05, 0.1) is 11.0 Å². The first-order chi connectivity index (χ1) is 9.42. The van der Waals surface area contributed by atoms with Crippen LogP contribution in [0, 0.1) is 10.8 Å². The predicted octanol–water partition coefficient (Wildman–Crippen LogP) is 3.29. The molecular formula is C16H19NO3. The van der Waals surface area contributed by atoms with E-state index in [1.807, 2.05) is 0 Å². The molecule has 2 aliphatic carbocycles. The number of carboxylic acids is 1. The van der Waals surface area contributed by atoms with Crippen LogP contribution in [0.2, 0.25) is 0 Å². The van der Waals surface area contributed by atoms with E-state index in [1.54, 1.807) is 12.1 Å². The predicted molar refractivity (Wildman–Crippen MR) is 75.7 cm³/mol. The Morgan fingerprint density at radius 2 is 1.90 bits per heavy atom. The van der Waals surface area contributed by atoms with E-state index in [0.29, 0.717) is 11.1 Å². The van der Waals surface area contributed by atoms with Gasteiger partial charge in [-0.25, -0.2) is 4.79 Å². The van der Waals surface area contributed by atoms with Gasteiger partial charge < -0.3 is 10.4 Å². The zero-order chi connectivity index (χ0) is 14.4. The normalized spacial score (nSPS) is 31.2. The highest BCUT2D eigenvalue weighted by molar-refractivity contribution is 5.97. The van der Waals surface area contributed by atoms with Crippen molar-refractivity contribution in [2.75, 3.05) is 5.32 Å². The van der Waals surface area contributed by atoms with Crippen LogP contribution in [0.1, 0.15) is 49.4 Å². The smallest absolute Gasteiger partial charge is 0.335 e. The van der Waals surface area contributed by atoms with Gasteiger partial charge in [0.1, 0.15) is 0 Å². The highest BCUT2D eigenvalue weighted by Crippen LogP contribution is 2.61. The van der Waals surface area contributed by atoms with Gasteiger partial charge in [-0.2, -0.15) is 0 Å². The molecule has 0 atom stereocenters. The fourth-order valence-corrected chi connectivity index (χ4v) is 3.80. The Balaban J connectivity index is 1.77. The molecular weight excluding hydrogens is 254 g/mol. The van der Waals surface area contributed by atoms with Crippen molar-refractivity contribution in [2.45, 2.75) is 39.0 Å². The minimum absolute atomic E-state index is 0.0567. The molecule has 3 rings (SSSR count). The molecule has 1 amide bonds. The largest absolute Gasteiger partial charge is 0.478 e. The van der Waals surface area contributed by atoms with Crippen molar-refractivity contribution in [1.29, 1.82) is 0 Å². The van der Waals surface area contributed by atoms with Crippen LogP contribution in [0.15, 0.2) is 24.3 Å². The van der Waals surface area contributed by atoms with Gasteiger partial charge in [0, 0.05) is 5.69 Å². The first kappa shape index (κ1) is 13.2. The Hall–Kier alpha value is -1.84. The van der Waals surface area contributed by atoms with Gasteiger partial charge in [-0.1, -0.05) is 13.0 Å². The van der Waals surface area contributed by atoms with Crippen LogP contribution in [-0.4, -0.2) is 17.0 Å². The molecule has 2 aliphatic rings.